The van der Waals surface area contributed by atoms with Gasteiger partial charge in [0.25, 0.3) is 0 Å². The molecule has 4 nitrogen and oxygen atoms in total. The van der Waals surface area contributed by atoms with E-state index in [9.17, 15) is 0 Å². The quantitative estimate of drug-likeness (QED) is 0.581. The number of para-hydroxylation sites is 2. The summed E-state index contributed by atoms with van der Waals surface area (Å²) in [6, 6.07) is 8.27. The third kappa shape index (κ3) is 6.44. The SMILES string of the molecule is c1ccc2[nH]c(CCCCCCCCCC[C@H]3COCCO3)nc2c1. The largest absolute Gasteiger partial charge is 0.376 e. The minimum absolute atomic E-state index is 0.354. The van der Waals surface area contributed by atoms with Crippen LogP contribution in [0, 0.1) is 0 Å². The number of hydrogen-bond acceptors (Lipinski definition) is 3. The molecule has 0 bridgehead atoms. The van der Waals surface area contributed by atoms with Gasteiger partial charge < -0.3 is 14.5 Å². The minimum atomic E-state index is 0.354. The molecule has 4 heteroatoms. The van der Waals surface area contributed by atoms with Crippen molar-refractivity contribution in [3.63, 3.8) is 0 Å². The number of aryl methyl sites for hydroxylation is 1. The van der Waals surface area contributed by atoms with Crippen LogP contribution in [0.5, 0.6) is 0 Å². The van der Waals surface area contributed by atoms with E-state index in [0.717, 1.165) is 49.5 Å². The molecule has 3 rings (SSSR count). The molecule has 0 amide bonds. The average molecular weight is 344 g/mol. The van der Waals surface area contributed by atoms with E-state index in [0.29, 0.717) is 6.10 Å². The average Bonchev–Trinajstić information content (AvgIpc) is 3.07. The Kier molecular flexibility index (Phi) is 7.78. The van der Waals surface area contributed by atoms with E-state index < -0.39 is 0 Å². The molecule has 2 aromatic rings. The van der Waals surface area contributed by atoms with Crippen LogP contribution in [0.15, 0.2) is 24.3 Å². The van der Waals surface area contributed by atoms with E-state index >= 15 is 0 Å². The normalized spacial score (nSPS) is 18.0. The lowest BCUT2D eigenvalue weighted by atomic mass is 10.0. The molecule has 0 spiro atoms. The van der Waals surface area contributed by atoms with E-state index in [1.165, 1.54) is 51.4 Å². The van der Waals surface area contributed by atoms with Gasteiger partial charge in [-0.1, -0.05) is 57.1 Å². The number of aromatic amines is 1. The van der Waals surface area contributed by atoms with Gasteiger partial charge >= 0.3 is 0 Å². The number of H-pyrrole nitrogens is 1. The second-order valence-corrected chi connectivity index (χ2v) is 7.14. The van der Waals surface area contributed by atoms with Crippen molar-refractivity contribution in [2.24, 2.45) is 0 Å². The highest BCUT2D eigenvalue weighted by atomic mass is 16.6. The standard InChI is InChI=1S/C21H32N2O2/c1(3-5-7-11-18-17-24-15-16-25-18)2-4-6-8-14-21-22-19-12-9-10-13-20(19)23-21/h9-10,12-13,18H,1-8,11,14-17H2,(H,22,23)/t18-/m0/s1. The first-order valence-corrected chi connectivity index (χ1v) is 10.0. The van der Waals surface area contributed by atoms with Gasteiger partial charge in [0.1, 0.15) is 5.82 Å². The predicted octanol–water partition coefficient (Wildman–Crippen LogP) is 5.03. The molecule has 2 heterocycles. The second kappa shape index (κ2) is 10.6. The van der Waals surface area contributed by atoms with Crippen molar-refractivity contribution < 1.29 is 9.47 Å². The van der Waals surface area contributed by atoms with E-state index in [4.69, 9.17) is 9.47 Å². The van der Waals surface area contributed by atoms with Crippen molar-refractivity contribution in [2.75, 3.05) is 19.8 Å². The van der Waals surface area contributed by atoms with Gasteiger partial charge in [0.05, 0.1) is 37.0 Å². The van der Waals surface area contributed by atoms with Crippen LogP contribution in [0.4, 0.5) is 0 Å². The van der Waals surface area contributed by atoms with Crippen molar-refractivity contribution in [1.29, 1.82) is 0 Å². The molecular formula is C21H32N2O2. The summed E-state index contributed by atoms with van der Waals surface area (Å²) in [7, 11) is 0. The van der Waals surface area contributed by atoms with Gasteiger partial charge in [-0.15, -0.1) is 0 Å². The van der Waals surface area contributed by atoms with Crippen LogP contribution >= 0.6 is 0 Å². The van der Waals surface area contributed by atoms with Crippen LogP contribution in [-0.2, 0) is 15.9 Å². The third-order valence-corrected chi connectivity index (χ3v) is 5.01. The second-order valence-electron chi connectivity index (χ2n) is 7.14. The summed E-state index contributed by atoms with van der Waals surface area (Å²) in [4.78, 5) is 8.06. The van der Waals surface area contributed by atoms with Gasteiger partial charge in [0.15, 0.2) is 0 Å². The number of benzene rings is 1. The molecule has 138 valence electrons. The summed E-state index contributed by atoms with van der Waals surface area (Å²) < 4.78 is 11.1. The molecule has 0 aliphatic carbocycles. The lowest BCUT2D eigenvalue weighted by Gasteiger charge is -2.22. The van der Waals surface area contributed by atoms with Crippen LogP contribution in [0.3, 0.4) is 0 Å². The van der Waals surface area contributed by atoms with Gasteiger partial charge in [-0.25, -0.2) is 4.98 Å². The summed E-state index contributed by atoms with van der Waals surface area (Å²) >= 11 is 0. The van der Waals surface area contributed by atoms with Gasteiger partial charge in [-0.05, 0) is 25.0 Å². The molecule has 0 unspecified atom stereocenters. The Morgan fingerprint density at radius 1 is 0.920 bits per heavy atom. The highest BCUT2D eigenvalue weighted by Crippen LogP contribution is 2.15. The third-order valence-electron chi connectivity index (χ3n) is 5.01. The Morgan fingerprint density at radius 3 is 2.44 bits per heavy atom. The van der Waals surface area contributed by atoms with Gasteiger partial charge in [-0.3, -0.25) is 0 Å². The molecule has 1 aromatic carbocycles. The van der Waals surface area contributed by atoms with E-state index in [1.54, 1.807) is 0 Å². The van der Waals surface area contributed by atoms with Gasteiger partial charge in [-0.2, -0.15) is 0 Å². The van der Waals surface area contributed by atoms with Crippen molar-refractivity contribution >= 4 is 11.0 Å². The van der Waals surface area contributed by atoms with Crippen molar-refractivity contribution in [3.8, 4) is 0 Å². The number of nitrogens with one attached hydrogen (secondary N) is 1. The molecule has 1 aromatic heterocycles. The summed E-state index contributed by atoms with van der Waals surface area (Å²) in [5.41, 5.74) is 2.24. The maximum atomic E-state index is 5.67. The highest BCUT2D eigenvalue weighted by Gasteiger charge is 2.13. The van der Waals surface area contributed by atoms with E-state index in [2.05, 4.69) is 28.2 Å². The Balaban J connectivity index is 1.15. The zero-order chi connectivity index (χ0) is 17.2. The summed E-state index contributed by atoms with van der Waals surface area (Å²) in [6.45, 7) is 2.34. The highest BCUT2D eigenvalue weighted by molar-refractivity contribution is 5.74. The number of rotatable bonds is 11. The molecular weight excluding hydrogens is 312 g/mol. The number of imidazole rings is 1. The first-order valence-electron chi connectivity index (χ1n) is 10.0. The van der Waals surface area contributed by atoms with Crippen LogP contribution in [0.1, 0.15) is 63.6 Å². The fourth-order valence-electron chi connectivity index (χ4n) is 3.55. The molecule has 1 N–H and O–H groups in total. The maximum absolute atomic E-state index is 5.67. The van der Waals surface area contributed by atoms with Crippen LogP contribution < -0.4 is 0 Å². The Labute approximate surface area is 151 Å². The molecule has 1 aliphatic rings. The van der Waals surface area contributed by atoms with Crippen molar-refractivity contribution in [2.45, 2.75) is 70.3 Å². The molecule has 1 fully saturated rings. The molecule has 1 saturated heterocycles. The Bertz CT molecular complexity index is 572. The zero-order valence-electron chi connectivity index (χ0n) is 15.3. The molecule has 1 atom stereocenters. The predicted molar refractivity (Wildman–Crippen MR) is 102 cm³/mol. The summed E-state index contributed by atoms with van der Waals surface area (Å²) in [6.07, 6.45) is 13.2. The van der Waals surface area contributed by atoms with E-state index in [1.807, 2.05) is 6.07 Å². The molecule has 0 radical (unpaired) electrons. The topological polar surface area (TPSA) is 47.1 Å². The smallest absolute Gasteiger partial charge is 0.107 e. The van der Waals surface area contributed by atoms with Gasteiger partial charge in [0.2, 0.25) is 0 Å². The number of nitrogens with zero attached hydrogens (tertiary/aromatic N) is 1. The number of aromatic nitrogens is 2. The monoisotopic (exact) mass is 344 g/mol. The van der Waals surface area contributed by atoms with Crippen molar-refractivity contribution in [1.82, 2.24) is 9.97 Å². The first-order chi connectivity index (χ1) is 12.4. The molecule has 25 heavy (non-hydrogen) atoms. The first kappa shape index (κ1) is 18.4. The fourth-order valence-corrected chi connectivity index (χ4v) is 3.55. The van der Waals surface area contributed by atoms with Crippen LogP contribution in [-0.4, -0.2) is 35.9 Å². The van der Waals surface area contributed by atoms with Gasteiger partial charge in [0, 0.05) is 6.42 Å². The fraction of sp³-hybridized carbons (Fsp3) is 0.667. The molecule has 0 saturated carbocycles. The van der Waals surface area contributed by atoms with Crippen LogP contribution in [0.25, 0.3) is 11.0 Å². The number of unbranched alkanes of at least 4 members (excludes halogenated alkanes) is 7. The van der Waals surface area contributed by atoms with Crippen molar-refractivity contribution in [3.05, 3.63) is 30.1 Å². The maximum Gasteiger partial charge on any atom is 0.107 e. The minimum Gasteiger partial charge on any atom is -0.376 e. The number of hydrogen-bond donors (Lipinski definition) is 1. The molecule has 1 aliphatic heterocycles. The van der Waals surface area contributed by atoms with Crippen LogP contribution in [0.2, 0.25) is 0 Å². The summed E-state index contributed by atoms with van der Waals surface area (Å²) in [5.74, 6) is 1.13. The number of ether oxygens (including phenoxy) is 2. The lowest BCUT2D eigenvalue weighted by Crippen LogP contribution is -2.28. The zero-order valence-corrected chi connectivity index (χ0v) is 15.3. The lowest BCUT2D eigenvalue weighted by molar-refractivity contribution is -0.0912. The Morgan fingerprint density at radius 2 is 1.68 bits per heavy atom. The van der Waals surface area contributed by atoms with E-state index in [-0.39, 0.29) is 0 Å². The Hall–Kier alpha value is -1.39. The number of fused-ring (bicyclic) bond motifs is 1. The summed E-state index contributed by atoms with van der Waals surface area (Å²) in [5, 5.41) is 0.